The second-order valence-corrected chi connectivity index (χ2v) is 6.46. The molecule has 1 aromatic carbocycles. The van der Waals surface area contributed by atoms with Crippen LogP contribution in [-0.4, -0.2) is 21.7 Å². The summed E-state index contributed by atoms with van der Waals surface area (Å²) >= 11 is 1.70. The molecule has 1 aliphatic rings. The smallest absolute Gasteiger partial charge is 0.158 e. The Morgan fingerprint density at radius 3 is 2.95 bits per heavy atom. The molecule has 0 saturated heterocycles. The lowest BCUT2D eigenvalue weighted by Gasteiger charge is -2.22. The molecule has 112 valence electrons. The molecule has 3 rings (SSSR count). The highest BCUT2D eigenvalue weighted by molar-refractivity contribution is 7.15. The summed E-state index contributed by atoms with van der Waals surface area (Å²) in [5.74, 6) is -0.191. The number of hydrogen-bond acceptors (Lipinski definition) is 5. The summed E-state index contributed by atoms with van der Waals surface area (Å²) in [5.41, 5.74) is 2.04. The molecule has 1 atom stereocenters. The molecular formula is C16H20N2O2S. The maximum atomic E-state index is 9.65. The number of nitrogens with zero attached hydrogens (tertiary/aromatic N) is 1. The van der Waals surface area contributed by atoms with Gasteiger partial charge in [0.25, 0.3) is 0 Å². The molecule has 0 bridgehead atoms. The van der Waals surface area contributed by atoms with Gasteiger partial charge in [-0.15, -0.1) is 11.3 Å². The van der Waals surface area contributed by atoms with Crippen molar-refractivity contribution < 1.29 is 10.2 Å². The summed E-state index contributed by atoms with van der Waals surface area (Å²) in [4.78, 5) is 6.07. The van der Waals surface area contributed by atoms with E-state index in [0.29, 0.717) is 6.04 Å². The molecule has 0 radical (unpaired) electrons. The van der Waals surface area contributed by atoms with Crippen molar-refractivity contribution in [1.82, 2.24) is 10.3 Å². The van der Waals surface area contributed by atoms with E-state index in [2.05, 4.69) is 12.2 Å². The van der Waals surface area contributed by atoms with E-state index in [-0.39, 0.29) is 11.5 Å². The molecule has 1 aliphatic carbocycles. The molecule has 0 spiro atoms. The number of hydrogen-bond donors (Lipinski definition) is 3. The molecule has 3 N–H and O–H groups in total. The number of nitrogens with one attached hydrogen (secondary N) is 1. The molecular weight excluding hydrogens is 284 g/mol. The second-order valence-electron chi connectivity index (χ2n) is 5.43. The van der Waals surface area contributed by atoms with Crippen LogP contribution in [0.2, 0.25) is 0 Å². The first-order valence-electron chi connectivity index (χ1n) is 7.44. The molecule has 1 heterocycles. The molecule has 0 aliphatic heterocycles. The minimum absolute atomic E-state index is 0.0949. The van der Waals surface area contributed by atoms with Crippen molar-refractivity contribution in [2.75, 3.05) is 6.54 Å². The average molecular weight is 304 g/mol. The molecule has 1 aromatic heterocycles. The van der Waals surface area contributed by atoms with Gasteiger partial charge in [0, 0.05) is 16.5 Å². The first kappa shape index (κ1) is 14.4. The number of thiazole rings is 1. The summed E-state index contributed by atoms with van der Waals surface area (Å²) in [6, 6.07) is 5.30. The summed E-state index contributed by atoms with van der Waals surface area (Å²) < 4.78 is 0. The van der Waals surface area contributed by atoms with Crippen molar-refractivity contribution in [1.29, 1.82) is 0 Å². The normalized spacial score (nSPS) is 17.7. The molecule has 2 aromatic rings. The fourth-order valence-corrected chi connectivity index (χ4v) is 3.93. The molecule has 0 amide bonds. The van der Waals surface area contributed by atoms with E-state index in [4.69, 9.17) is 4.98 Å². The molecule has 0 saturated carbocycles. The van der Waals surface area contributed by atoms with Crippen LogP contribution in [0, 0.1) is 0 Å². The lowest BCUT2D eigenvalue weighted by atomic mass is 9.98. The number of fused-ring (bicyclic) bond motifs is 1. The number of benzene rings is 1. The van der Waals surface area contributed by atoms with Crippen molar-refractivity contribution >= 4 is 11.3 Å². The Labute approximate surface area is 128 Å². The monoisotopic (exact) mass is 304 g/mol. The van der Waals surface area contributed by atoms with Crippen molar-refractivity contribution in [2.24, 2.45) is 0 Å². The quantitative estimate of drug-likeness (QED) is 0.755. The van der Waals surface area contributed by atoms with E-state index < -0.39 is 0 Å². The lowest BCUT2D eigenvalue weighted by molar-refractivity contribution is 0.404. The van der Waals surface area contributed by atoms with Gasteiger partial charge in [0.05, 0.1) is 5.69 Å². The van der Waals surface area contributed by atoms with Gasteiger partial charge in [-0.3, -0.25) is 0 Å². The zero-order valence-electron chi connectivity index (χ0n) is 12.1. The Bertz CT molecular complexity index is 639. The number of aryl methyl sites for hydroxylation is 1. The third-order valence-electron chi connectivity index (χ3n) is 3.81. The lowest BCUT2D eigenvalue weighted by Crippen LogP contribution is -2.24. The van der Waals surface area contributed by atoms with Crippen LogP contribution in [0.5, 0.6) is 11.5 Å². The van der Waals surface area contributed by atoms with Crippen LogP contribution >= 0.6 is 11.3 Å². The topological polar surface area (TPSA) is 65.4 Å². The van der Waals surface area contributed by atoms with E-state index in [0.717, 1.165) is 36.4 Å². The van der Waals surface area contributed by atoms with Gasteiger partial charge in [-0.05, 0) is 50.4 Å². The van der Waals surface area contributed by atoms with Crippen molar-refractivity contribution in [3.05, 3.63) is 28.8 Å². The summed E-state index contributed by atoms with van der Waals surface area (Å²) in [5, 5.41) is 23.6. The first-order valence-corrected chi connectivity index (χ1v) is 8.26. The van der Waals surface area contributed by atoms with E-state index in [1.165, 1.54) is 23.1 Å². The number of rotatable bonds is 4. The van der Waals surface area contributed by atoms with E-state index in [1.54, 1.807) is 23.5 Å². The maximum Gasteiger partial charge on any atom is 0.158 e. The number of aromatic hydroxyl groups is 2. The zero-order valence-corrected chi connectivity index (χ0v) is 12.9. The molecule has 0 fully saturated rings. The average Bonchev–Trinajstić information content (AvgIpc) is 2.92. The highest BCUT2D eigenvalue weighted by atomic mass is 32.1. The third-order valence-corrected chi connectivity index (χ3v) is 5.07. The Morgan fingerprint density at radius 1 is 1.33 bits per heavy atom. The molecule has 21 heavy (non-hydrogen) atoms. The van der Waals surface area contributed by atoms with Crippen molar-refractivity contribution in [2.45, 2.75) is 38.6 Å². The van der Waals surface area contributed by atoms with Crippen LogP contribution < -0.4 is 5.32 Å². The van der Waals surface area contributed by atoms with Gasteiger partial charge in [-0.1, -0.05) is 6.92 Å². The zero-order chi connectivity index (χ0) is 14.8. The predicted molar refractivity (Wildman–Crippen MR) is 84.9 cm³/mol. The van der Waals surface area contributed by atoms with Crippen LogP contribution in [0.25, 0.3) is 10.6 Å². The SMILES string of the molecule is CCCNC1CCCc2nc(-c3ccc(O)c(O)c3)sc21. The maximum absolute atomic E-state index is 9.65. The minimum atomic E-state index is -0.0960. The van der Waals surface area contributed by atoms with E-state index >= 15 is 0 Å². The van der Waals surface area contributed by atoms with Crippen molar-refractivity contribution in [3.63, 3.8) is 0 Å². The summed E-state index contributed by atoms with van der Waals surface area (Å²) in [6.07, 6.45) is 4.48. The number of phenolic OH excluding ortho intramolecular Hbond substituents is 2. The molecule has 4 nitrogen and oxygen atoms in total. The van der Waals surface area contributed by atoms with E-state index in [1.807, 2.05) is 0 Å². The van der Waals surface area contributed by atoms with Gasteiger partial charge in [-0.25, -0.2) is 4.98 Å². The van der Waals surface area contributed by atoms with Crippen LogP contribution in [0.3, 0.4) is 0 Å². The molecule has 5 heteroatoms. The Kier molecular flexibility index (Phi) is 4.12. The van der Waals surface area contributed by atoms with Crippen LogP contribution in [0.15, 0.2) is 18.2 Å². The number of aromatic nitrogens is 1. The fraction of sp³-hybridized carbons (Fsp3) is 0.438. The van der Waals surface area contributed by atoms with Gasteiger partial charge in [0.1, 0.15) is 5.01 Å². The summed E-state index contributed by atoms with van der Waals surface area (Å²) in [6.45, 7) is 3.20. The van der Waals surface area contributed by atoms with Gasteiger partial charge >= 0.3 is 0 Å². The highest BCUT2D eigenvalue weighted by Gasteiger charge is 2.24. The third kappa shape index (κ3) is 2.89. The standard InChI is InChI=1S/C16H20N2O2S/c1-2-8-17-11-4-3-5-12-15(11)21-16(18-12)10-6-7-13(19)14(20)9-10/h6-7,9,11,17,19-20H,2-5,8H2,1H3. The fourth-order valence-electron chi connectivity index (χ4n) is 2.71. The Morgan fingerprint density at radius 2 is 2.19 bits per heavy atom. The van der Waals surface area contributed by atoms with E-state index in [9.17, 15) is 10.2 Å². The molecule has 1 unspecified atom stereocenters. The van der Waals surface area contributed by atoms with Crippen LogP contribution in [0.1, 0.15) is 42.8 Å². The van der Waals surface area contributed by atoms with Gasteiger partial charge in [0.2, 0.25) is 0 Å². The van der Waals surface area contributed by atoms with Gasteiger partial charge in [0.15, 0.2) is 11.5 Å². The summed E-state index contributed by atoms with van der Waals surface area (Å²) in [7, 11) is 0. The van der Waals surface area contributed by atoms with Crippen LogP contribution in [-0.2, 0) is 6.42 Å². The van der Waals surface area contributed by atoms with Gasteiger partial charge < -0.3 is 15.5 Å². The highest BCUT2D eigenvalue weighted by Crippen LogP contribution is 2.39. The largest absolute Gasteiger partial charge is 0.504 e. The first-order chi connectivity index (χ1) is 10.2. The number of phenols is 2. The second kappa shape index (κ2) is 6.03. The van der Waals surface area contributed by atoms with Crippen molar-refractivity contribution in [3.8, 4) is 22.1 Å². The Hall–Kier alpha value is -1.59. The Balaban J connectivity index is 1.91. The van der Waals surface area contributed by atoms with Crippen LogP contribution in [0.4, 0.5) is 0 Å². The predicted octanol–water partition coefficient (Wildman–Crippen LogP) is 3.60. The van der Waals surface area contributed by atoms with Gasteiger partial charge in [-0.2, -0.15) is 0 Å². The minimum Gasteiger partial charge on any atom is -0.504 e.